The molecular formula is C12H13F2N7. The lowest BCUT2D eigenvalue weighted by Gasteiger charge is -2.20. The monoisotopic (exact) mass is 293 g/mol. The van der Waals surface area contributed by atoms with Crippen molar-refractivity contribution >= 4 is 11.6 Å². The number of fused-ring (bicyclic) bond motifs is 1. The number of aromatic nitrogens is 6. The second-order valence-electron chi connectivity index (χ2n) is 4.61. The molecule has 0 bridgehead atoms. The van der Waals surface area contributed by atoms with Crippen LogP contribution in [0.15, 0.2) is 24.8 Å². The van der Waals surface area contributed by atoms with E-state index in [0.29, 0.717) is 11.6 Å². The summed E-state index contributed by atoms with van der Waals surface area (Å²) in [5.74, 6) is 1.45. The fourth-order valence-electron chi connectivity index (χ4n) is 2.12. The van der Waals surface area contributed by atoms with Crippen molar-refractivity contribution < 1.29 is 8.78 Å². The Hall–Kier alpha value is -2.58. The van der Waals surface area contributed by atoms with E-state index in [1.165, 1.54) is 18.7 Å². The van der Waals surface area contributed by atoms with Crippen LogP contribution in [0.3, 0.4) is 0 Å². The van der Waals surface area contributed by atoms with Gasteiger partial charge in [0.05, 0.1) is 6.54 Å². The largest absolute Gasteiger partial charge is 0.352 e. The third kappa shape index (κ3) is 2.41. The highest BCUT2D eigenvalue weighted by molar-refractivity contribution is 5.46. The first-order chi connectivity index (χ1) is 10.1. The van der Waals surface area contributed by atoms with E-state index in [0.717, 1.165) is 10.3 Å². The molecule has 0 fully saturated rings. The van der Waals surface area contributed by atoms with Crippen molar-refractivity contribution in [2.45, 2.75) is 20.0 Å². The number of hydrogen-bond acceptors (Lipinski definition) is 5. The molecule has 9 heteroatoms. The van der Waals surface area contributed by atoms with Crippen molar-refractivity contribution in [2.75, 3.05) is 11.9 Å². The van der Waals surface area contributed by atoms with Gasteiger partial charge >= 0.3 is 6.55 Å². The topological polar surface area (TPSA) is 64.1 Å². The molecule has 0 amide bonds. The molecule has 3 heterocycles. The van der Waals surface area contributed by atoms with Gasteiger partial charge in [0.25, 0.3) is 5.78 Å². The highest BCUT2D eigenvalue weighted by atomic mass is 19.3. The molecule has 21 heavy (non-hydrogen) atoms. The Balaban J connectivity index is 1.95. The first-order valence-electron chi connectivity index (χ1n) is 6.24. The summed E-state index contributed by atoms with van der Waals surface area (Å²) in [4.78, 5) is 14.0. The van der Waals surface area contributed by atoms with Crippen molar-refractivity contribution in [3.8, 4) is 0 Å². The van der Waals surface area contributed by atoms with Crippen LogP contribution in [0.1, 0.15) is 18.1 Å². The lowest BCUT2D eigenvalue weighted by Crippen LogP contribution is -2.22. The summed E-state index contributed by atoms with van der Waals surface area (Å²) < 4.78 is 28.1. The van der Waals surface area contributed by atoms with Gasteiger partial charge in [0.1, 0.15) is 18.0 Å². The van der Waals surface area contributed by atoms with Gasteiger partial charge in [-0.1, -0.05) is 0 Å². The highest BCUT2D eigenvalue weighted by Crippen LogP contribution is 2.18. The highest BCUT2D eigenvalue weighted by Gasteiger charge is 2.16. The van der Waals surface area contributed by atoms with Crippen molar-refractivity contribution in [3.05, 3.63) is 36.3 Å². The number of aryl methyl sites for hydroxylation is 1. The van der Waals surface area contributed by atoms with E-state index in [9.17, 15) is 8.78 Å². The van der Waals surface area contributed by atoms with Gasteiger partial charge in [0, 0.05) is 31.2 Å². The Kier molecular flexibility index (Phi) is 3.24. The van der Waals surface area contributed by atoms with Gasteiger partial charge in [-0.3, -0.25) is 4.57 Å². The number of anilines is 1. The van der Waals surface area contributed by atoms with E-state index >= 15 is 0 Å². The molecule has 0 saturated heterocycles. The quantitative estimate of drug-likeness (QED) is 0.732. The molecule has 7 nitrogen and oxygen atoms in total. The zero-order valence-electron chi connectivity index (χ0n) is 11.5. The Morgan fingerprint density at radius 1 is 1.33 bits per heavy atom. The maximum absolute atomic E-state index is 12.8. The predicted octanol–water partition coefficient (Wildman–Crippen LogP) is 1.66. The van der Waals surface area contributed by atoms with Gasteiger partial charge in [-0.2, -0.15) is 23.4 Å². The summed E-state index contributed by atoms with van der Waals surface area (Å²) in [6, 6.07) is 1.82. The SMILES string of the molecule is Cc1cc(N(C)Cc2nccn2C(F)F)n2ncnc2n1. The molecule has 0 aliphatic heterocycles. The van der Waals surface area contributed by atoms with Gasteiger partial charge in [-0.25, -0.2) is 9.97 Å². The van der Waals surface area contributed by atoms with E-state index in [4.69, 9.17) is 0 Å². The molecule has 0 spiro atoms. The number of alkyl halides is 2. The molecule has 0 aliphatic rings. The van der Waals surface area contributed by atoms with Crippen molar-refractivity contribution in [1.29, 1.82) is 0 Å². The Morgan fingerprint density at radius 3 is 2.90 bits per heavy atom. The molecule has 0 aromatic carbocycles. The second-order valence-corrected chi connectivity index (χ2v) is 4.61. The molecule has 0 N–H and O–H groups in total. The van der Waals surface area contributed by atoms with Crippen LogP contribution in [0.5, 0.6) is 0 Å². The van der Waals surface area contributed by atoms with Crippen LogP contribution in [-0.2, 0) is 6.54 Å². The predicted molar refractivity (Wildman–Crippen MR) is 71.1 cm³/mol. The lowest BCUT2D eigenvalue weighted by atomic mass is 10.4. The van der Waals surface area contributed by atoms with Crippen LogP contribution >= 0.6 is 0 Å². The summed E-state index contributed by atoms with van der Waals surface area (Å²) in [7, 11) is 1.78. The second kappa shape index (κ2) is 5.08. The third-order valence-corrected chi connectivity index (χ3v) is 3.09. The Morgan fingerprint density at radius 2 is 2.14 bits per heavy atom. The molecular weight excluding hydrogens is 280 g/mol. The number of hydrogen-bond donors (Lipinski definition) is 0. The van der Waals surface area contributed by atoms with Crippen LogP contribution in [-0.4, -0.2) is 36.2 Å². The van der Waals surface area contributed by atoms with E-state index in [2.05, 4.69) is 20.1 Å². The van der Waals surface area contributed by atoms with Gasteiger partial charge in [-0.05, 0) is 6.92 Å². The van der Waals surface area contributed by atoms with Gasteiger partial charge in [0.15, 0.2) is 0 Å². The van der Waals surface area contributed by atoms with Crippen molar-refractivity contribution in [1.82, 2.24) is 29.1 Å². The summed E-state index contributed by atoms with van der Waals surface area (Å²) in [5.41, 5.74) is 0.773. The smallest absolute Gasteiger partial charge is 0.319 e. The standard InChI is InChI=1S/C12H13F2N7/c1-8-5-10(21-12(18-8)16-7-17-21)19(2)6-9-15-3-4-20(9)11(13)14/h3-5,7,11H,6H2,1-2H3. The summed E-state index contributed by atoms with van der Waals surface area (Å²) in [6.45, 7) is -0.552. The molecule has 110 valence electrons. The lowest BCUT2D eigenvalue weighted by molar-refractivity contribution is 0.0670. The molecule has 0 aliphatic carbocycles. The number of imidazole rings is 1. The summed E-state index contributed by atoms with van der Waals surface area (Å²) >= 11 is 0. The fraction of sp³-hybridized carbons (Fsp3) is 0.333. The van der Waals surface area contributed by atoms with Crippen LogP contribution in [0.4, 0.5) is 14.6 Å². The normalized spacial score (nSPS) is 11.5. The van der Waals surface area contributed by atoms with E-state index in [1.807, 2.05) is 13.0 Å². The maximum Gasteiger partial charge on any atom is 0.319 e. The van der Waals surface area contributed by atoms with Gasteiger partial charge in [-0.15, -0.1) is 0 Å². The molecule has 3 aromatic rings. The average molecular weight is 293 g/mol. The number of nitrogens with zero attached hydrogens (tertiary/aromatic N) is 7. The number of halogens is 2. The van der Waals surface area contributed by atoms with Crippen LogP contribution < -0.4 is 4.90 Å². The first-order valence-corrected chi connectivity index (χ1v) is 6.24. The minimum Gasteiger partial charge on any atom is -0.352 e. The van der Waals surface area contributed by atoms with E-state index in [1.54, 1.807) is 16.5 Å². The van der Waals surface area contributed by atoms with Crippen molar-refractivity contribution in [2.24, 2.45) is 0 Å². The maximum atomic E-state index is 12.8. The zero-order valence-corrected chi connectivity index (χ0v) is 11.5. The first kappa shape index (κ1) is 13.4. The summed E-state index contributed by atoms with van der Waals surface area (Å²) in [6.07, 6.45) is 4.02. The Bertz CT molecular complexity index is 764. The molecule has 3 rings (SSSR count). The van der Waals surface area contributed by atoms with Crippen molar-refractivity contribution in [3.63, 3.8) is 0 Å². The third-order valence-electron chi connectivity index (χ3n) is 3.09. The fourth-order valence-corrected chi connectivity index (χ4v) is 2.12. The number of rotatable bonds is 4. The van der Waals surface area contributed by atoms with E-state index < -0.39 is 6.55 Å². The van der Waals surface area contributed by atoms with Gasteiger partial charge in [0.2, 0.25) is 0 Å². The zero-order chi connectivity index (χ0) is 15.0. The Labute approximate surface area is 118 Å². The van der Waals surface area contributed by atoms with Crippen LogP contribution in [0, 0.1) is 6.92 Å². The van der Waals surface area contributed by atoms with Crippen LogP contribution in [0.2, 0.25) is 0 Å². The minimum atomic E-state index is -2.61. The van der Waals surface area contributed by atoms with Gasteiger partial charge < -0.3 is 4.90 Å². The molecule has 0 unspecified atom stereocenters. The minimum absolute atomic E-state index is 0.218. The molecule has 0 radical (unpaired) electrons. The average Bonchev–Trinajstić information content (AvgIpc) is 3.05. The molecule has 3 aromatic heterocycles. The molecule has 0 saturated carbocycles. The van der Waals surface area contributed by atoms with E-state index in [-0.39, 0.29) is 12.4 Å². The molecule has 0 atom stereocenters. The summed E-state index contributed by atoms with van der Waals surface area (Å²) in [5, 5.41) is 4.09. The van der Waals surface area contributed by atoms with Crippen LogP contribution in [0.25, 0.3) is 5.78 Å².